The molecule has 1 aliphatic carbocycles. The van der Waals surface area contributed by atoms with Crippen molar-refractivity contribution in [3.8, 4) is 5.75 Å². The number of fused-ring (bicyclic) bond motifs is 1. The van der Waals surface area contributed by atoms with Crippen LogP contribution in [0.4, 0.5) is 0 Å². The van der Waals surface area contributed by atoms with Gasteiger partial charge >= 0.3 is 0 Å². The van der Waals surface area contributed by atoms with Crippen molar-refractivity contribution < 1.29 is 9.53 Å². The second kappa shape index (κ2) is 4.92. The summed E-state index contributed by atoms with van der Waals surface area (Å²) in [5.41, 5.74) is 3.22. The van der Waals surface area contributed by atoms with Crippen molar-refractivity contribution in [1.29, 1.82) is 0 Å². The maximum atomic E-state index is 11.8. The van der Waals surface area contributed by atoms with Gasteiger partial charge in [0.15, 0.2) is 5.78 Å². The molecule has 0 atom stereocenters. The monoisotopic (exact) mass is 255 g/mol. The van der Waals surface area contributed by atoms with Gasteiger partial charge in [-0.2, -0.15) is 0 Å². The third-order valence-electron chi connectivity index (χ3n) is 3.66. The van der Waals surface area contributed by atoms with Crippen LogP contribution in [0.2, 0.25) is 0 Å². The van der Waals surface area contributed by atoms with Crippen LogP contribution >= 0.6 is 0 Å². The summed E-state index contributed by atoms with van der Waals surface area (Å²) in [7, 11) is 1.68. The summed E-state index contributed by atoms with van der Waals surface area (Å²) in [6.07, 6.45) is 6.75. The van der Waals surface area contributed by atoms with E-state index in [9.17, 15) is 4.79 Å². The zero-order chi connectivity index (χ0) is 13.2. The lowest BCUT2D eigenvalue weighted by atomic mass is 9.95. The normalized spacial score (nSPS) is 14.3. The van der Waals surface area contributed by atoms with Gasteiger partial charge in [-0.3, -0.25) is 4.79 Å². The second-order valence-electron chi connectivity index (χ2n) is 4.96. The minimum absolute atomic E-state index is 0.278. The lowest BCUT2D eigenvalue weighted by Crippen LogP contribution is -2.07. The number of hydrogen-bond donors (Lipinski definition) is 0. The average Bonchev–Trinajstić information content (AvgIpc) is 2.83. The van der Waals surface area contributed by atoms with Crippen LogP contribution in [0.15, 0.2) is 36.7 Å². The smallest absolute Gasteiger partial charge is 0.164 e. The first-order valence-corrected chi connectivity index (χ1v) is 6.61. The highest BCUT2D eigenvalue weighted by molar-refractivity contribution is 5.98. The summed E-state index contributed by atoms with van der Waals surface area (Å²) in [4.78, 5) is 11.8. The Morgan fingerprint density at radius 3 is 2.84 bits per heavy atom. The molecule has 0 N–H and O–H groups in total. The molecule has 0 aliphatic heterocycles. The van der Waals surface area contributed by atoms with Gasteiger partial charge in [0.25, 0.3) is 0 Å². The maximum Gasteiger partial charge on any atom is 0.164 e. The lowest BCUT2D eigenvalue weighted by molar-refractivity contribution is 0.0973. The zero-order valence-corrected chi connectivity index (χ0v) is 11.1. The van der Waals surface area contributed by atoms with Crippen molar-refractivity contribution in [2.24, 2.45) is 0 Å². The number of carbonyl (C=O) groups is 1. The maximum absolute atomic E-state index is 11.8. The molecule has 3 rings (SSSR count). The Kier molecular flexibility index (Phi) is 3.11. The van der Waals surface area contributed by atoms with Crippen LogP contribution in [-0.2, 0) is 13.0 Å². The Balaban J connectivity index is 1.90. The van der Waals surface area contributed by atoms with Crippen LogP contribution in [0.3, 0.4) is 0 Å². The van der Waals surface area contributed by atoms with Gasteiger partial charge in [-0.1, -0.05) is 18.2 Å². The third-order valence-corrected chi connectivity index (χ3v) is 3.66. The summed E-state index contributed by atoms with van der Waals surface area (Å²) in [5.74, 6) is 1.17. The van der Waals surface area contributed by atoms with Crippen molar-refractivity contribution >= 4 is 5.78 Å². The molecule has 1 aromatic heterocycles. The standard InChI is InChI=1S/C16H17NO2/c1-19-16-8-3-2-5-13(16)10-17-9-12-6-4-7-15(18)14(12)11-17/h2-3,5,8-9,11H,4,6-7,10H2,1H3. The summed E-state index contributed by atoms with van der Waals surface area (Å²) in [6, 6.07) is 7.99. The van der Waals surface area contributed by atoms with Crippen LogP contribution in [0.1, 0.15) is 34.3 Å². The number of aryl methyl sites for hydroxylation is 1. The van der Waals surface area contributed by atoms with Gasteiger partial charge in [-0.05, 0) is 24.5 Å². The van der Waals surface area contributed by atoms with Crippen LogP contribution in [0.25, 0.3) is 0 Å². The number of carbonyl (C=O) groups excluding carboxylic acids is 1. The molecule has 2 aromatic rings. The second-order valence-corrected chi connectivity index (χ2v) is 4.96. The molecular weight excluding hydrogens is 238 g/mol. The Bertz CT molecular complexity index is 613. The number of hydrogen-bond acceptors (Lipinski definition) is 2. The molecule has 0 bridgehead atoms. The summed E-state index contributed by atoms with van der Waals surface area (Å²) >= 11 is 0. The molecule has 98 valence electrons. The molecule has 0 radical (unpaired) electrons. The van der Waals surface area contributed by atoms with E-state index in [0.717, 1.165) is 36.3 Å². The van der Waals surface area contributed by atoms with E-state index in [1.54, 1.807) is 7.11 Å². The first-order chi connectivity index (χ1) is 9.28. The minimum Gasteiger partial charge on any atom is -0.496 e. The minimum atomic E-state index is 0.278. The number of benzene rings is 1. The van der Waals surface area contributed by atoms with Gasteiger partial charge in [-0.25, -0.2) is 0 Å². The van der Waals surface area contributed by atoms with Crippen molar-refractivity contribution in [2.45, 2.75) is 25.8 Å². The predicted molar refractivity (Wildman–Crippen MR) is 73.8 cm³/mol. The first-order valence-electron chi connectivity index (χ1n) is 6.61. The molecule has 3 heteroatoms. The van der Waals surface area contributed by atoms with Crippen LogP contribution in [0.5, 0.6) is 5.75 Å². The summed E-state index contributed by atoms with van der Waals surface area (Å²) < 4.78 is 7.45. The average molecular weight is 255 g/mol. The summed E-state index contributed by atoms with van der Waals surface area (Å²) in [5, 5.41) is 0. The molecule has 0 unspecified atom stereocenters. The molecule has 1 aliphatic rings. The number of ether oxygens (including phenoxy) is 1. The molecule has 1 heterocycles. The molecule has 0 fully saturated rings. The Labute approximate surface area is 112 Å². The molecule has 0 spiro atoms. The van der Waals surface area contributed by atoms with E-state index in [4.69, 9.17) is 4.74 Å². The van der Waals surface area contributed by atoms with Crippen molar-refractivity contribution in [1.82, 2.24) is 4.57 Å². The van der Waals surface area contributed by atoms with Gasteiger partial charge in [-0.15, -0.1) is 0 Å². The van der Waals surface area contributed by atoms with E-state index in [0.29, 0.717) is 6.42 Å². The molecule has 1 aromatic carbocycles. The quantitative estimate of drug-likeness (QED) is 0.844. The van der Waals surface area contributed by atoms with E-state index < -0.39 is 0 Å². The first kappa shape index (κ1) is 12.0. The predicted octanol–water partition coefficient (Wildman–Crippen LogP) is 3.06. The largest absolute Gasteiger partial charge is 0.496 e. The lowest BCUT2D eigenvalue weighted by Gasteiger charge is -2.08. The SMILES string of the molecule is COc1ccccc1Cn1cc2c(c1)C(=O)CCC2. The van der Waals surface area contributed by atoms with Gasteiger partial charge in [0, 0.05) is 29.9 Å². The number of aromatic nitrogens is 1. The highest BCUT2D eigenvalue weighted by atomic mass is 16.5. The van der Waals surface area contributed by atoms with Crippen LogP contribution in [-0.4, -0.2) is 17.5 Å². The van der Waals surface area contributed by atoms with Gasteiger partial charge in [0.05, 0.1) is 13.7 Å². The fourth-order valence-corrected chi connectivity index (χ4v) is 2.70. The van der Waals surface area contributed by atoms with E-state index in [1.165, 1.54) is 5.56 Å². The fourth-order valence-electron chi connectivity index (χ4n) is 2.70. The Hall–Kier alpha value is -2.03. The number of Topliss-reactive ketones (excluding diaryl/α,β-unsaturated/α-hetero) is 1. The van der Waals surface area contributed by atoms with Gasteiger partial charge < -0.3 is 9.30 Å². The molecule has 0 saturated carbocycles. The molecule has 19 heavy (non-hydrogen) atoms. The number of para-hydroxylation sites is 1. The van der Waals surface area contributed by atoms with E-state index in [1.807, 2.05) is 24.4 Å². The summed E-state index contributed by atoms with van der Waals surface area (Å²) in [6.45, 7) is 0.740. The zero-order valence-electron chi connectivity index (χ0n) is 11.1. The Morgan fingerprint density at radius 2 is 2.05 bits per heavy atom. The molecule has 0 amide bonds. The number of methoxy groups -OCH3 is 1. The van der Waals surface area contributed by atoms with E-state index >= 15 is 0 Å². The number of rotatable bonds is 3. The van der Waals surface area contributed by atoms with Crippen molar-refractivity contribution in [2.75, 3.05) is 7.11 Å². The molecule has 0 saturated heterocycles. The van der Waals surface area contributed by atoms with Crippen molar-refractivity contribution in [3.05, 3.63) is 53.3 Å². The van der Waals surface area contributed by atoms with Gasteiger partial charge in [0.1, 0.15) is 5.75 Å². The number of ketones is 1. The fraction of sp³-hybridized carbons (Fsp3) is 0.312. The van der Waals surface area contributed by atoms with Gasteiger partial charge in [0.2, 0.25) is 0 Å². The van der Waals surface area contributed by atoms with Crippen LogP contribution in [0, 0.1) is 0 Å². The third kappa shape index (κ3) is 2.28. The van der Waals surface area contributed by atoms with E-state index in [-0.39, 0.29) is 5.78 Å². The van der Waals surface area contributed by atoms with Crippen LogP contribution < -0.4 is 4.74 Å². The topological polar surface area (TPSA) is 31.2 Å². The molecule has 3 nitrogen and oxygen atoms in total. The Morgan fingerprint density at radius 1 is 1.21 bits per heavy atom. The highest BCUT2D eigenvalue weighted by Crippen LogP contribution is 2.24. The van der Waals surface area contributed by atoms with E-state index in [2.05, 4.69) is 16.8 Å². The molecular formula is C16H17NO2. The number of nitrogens with zero attached hydrogens (tertiary/aromatic N) is 1. The highest BCUT2D eigenvalue weighted by Gasteiger charge is 2.19. The van der Waals surface area contributed by atoms with Crippen molar-refractivity contribution in [3.63, 3.8) is 0 Å².